The molecule has 2 amide bonds. The van der Waals surface area contributed by atoms with Crippen LogP contribution in [0.3, 0.4) is 0 Å². The molecular weight excluding hydrogens is 605 g/mol. The van der Waals surface area contributed by atoms with Crippen molar-refractivity contribution in [3.8, 4) is 5.75 Å². The van der Waals surface area contributed by atoms with Crippen molar-refractivity contribution in [1.82, 2.24) is 29.7 Å². The second kappa shape index (κ2) is 16.4. The molecule has 13 heteroatoms. The quantitative estimate of drug-likeness (QED) is 0.150. The normalized spacial score (nSPS) is 13.7. The zero-order valence-corrected chi connectivity index (χ0v) is 26.9. The van der Waals surface area contributed by atoms with Gasteiger partial charge in [0.15, 0.2) is 24.0 Å². The first-order valence-electron chi connectivity index (χ1n) is 16.2. The number of methoxy groups -OCH3 is 1. The Bertz CT molecular complexity index is 1670. The van der Waals surface area contributed by atoms with E-state index in [0.717, 1.165) is 48.3 Å². The summed E-state index contributed by atoms with van der Waals surface area (Å²) in [7, 11) is 1.66. The van der Waals surface area contributed by atoms with Crippen molar-refractivity contribution in [2.24, 2.45) is 0 Å². The van der Waals surface area contributed by atoms with E-state index < -0.39 is 18.4 Å². The molecule has 47 heavy (non-hydrogen) atoms. The predicted octanol–water partition coefficient (Wildman–Crippen LogP) is 4.44. The highest BCUT2D eigenvalue weighted by atomic mass is 19.1. The predicted molar refractivity (Wildman–Crippen MR) is 178 cm³/mol. The number of benzene rings is 2. The maximum atomic E-state index is 14.3. The van der Waals surface area contributed by atoms with Crippen LogP contribution in [0.1, 0.15) is 43.5 Å². The summed E-state index contributed by atoms with van der Waals surface area (Å²) < 4.78 is 27.0. The van der Waals surface area contributed by atoms with Crippen LogP contribution in [0.2, 0.25) is 0 Å². The molecular formula is C34H44FN7O5. The number of rotatable bonds is 16. The van der Waals surface area contributed by atoms with E-state index in [1.54, 1.807) is 18.1 Å². The number of amides is 2. The Kier molecular flexibility index (Phi) is 11.8. The second-order valence-electron chi connectivity index (χ2n) is 11.8. The van der Waals surface area contributed by atoms with Crippen LogP contribution < -0.4 is 15.8 Å². The molecule has 2 aromatic heterocycles. The summed E-state index contributed by atoms with van der Waals surface area (Å²) in [6, 6.07) is 11.9. The Labute approximate surface area is 273 Å². The number of urea groups is 1. The molecule has 5 rings (SSSR count). The number of carboxylic acids is 1. The summed E-state index contributed by atoms with van der Waals surface area (Å²) in [6.07, 6.45) is 5.64. The van der Waals surface area contributed by atoms with Crippen molar-refractivity contribution < 1.29 is 28.6 Å². The van der Waals surface area contributed by atoms with E-state index in [-0.39, 0.29) is 18.3 Å². The van der Waals surface area contributed by atoms with Crippen LogP contribution in [0.4, 0.5) is 15.0 Å². The van der Waals surface area contributed by atoms with Gasteiger partial charge in [0.05, 0.1) is 17.6 Å². The number of carbonyl (C=O) groups excluding carboxylic acids is 1. The number of nitrogens with two attached hydrogens (primary N) is 1. The molecule has 252 valence electrons. The molecule has 4 N–H and O–H groups in total. The number of hydrogen-bond donors (Lipinski definition) is 3. The number of likely N-dealkylation sites (tertiary alicyclic amines) is 1. The molecule has 1 aliphatic heterocycles. The van der Waals surface area contributed by atoms with Gasteiger partial charge < -0.3 is 40.0 Å². The van der Waals surface area contributed by atoms with Gasteiger partial charge in [-0.3, -0.25) is 0 Å². The minimum atomic E-state index is -1.20. The first-order valence-corrected chi connectivity index (χ1v) is 16.2. The monoisotopic (exact) mass is 649 g/mol. The summed E-state index contributed by atoms with van der Waals surface area (Å²) in [5.74, 6) is -0.777. The first-order chi connectivity index (χ1) is 22.8. The third kappa shape index (κ3) is 8.86. The Morgan fingerprint density at radius 1 is 1.09 bits per heavy atom. The molecule has 1 aliphatic rings. The Morgan fingerprint density at radius 2 is 1.89 bits per heavy atom. The number of ether oxygens (including phenoxy) is 2. The minimum absolute atomic E-state index is 0.160. The lowest BCUT2D eigenvalue weighted by atomic mass is 10.1. The summed E-state index contributed by atoms with van der Waals surface area (Å²) in [5, 5.41) is 13.0. The van der Waals surface area contributed by atoms with Gasteiger partial charge in [-0.1, -0.05) is 30.7 Å². The van der Waals surface area contributed by atoms with Gasteiger partial charge >= 0.3 is 12.0 Å². The van der Waals surface area contributed by atoms with E-state index >= 15 is 0 Å². The van der Waals surface area contributed by atoms with Crippen LogP contribution in [-0.4, -0.2) is 94.5 Å². The fourth-order valence-electron chi connectivity index (χ4n) is 6.09. The fraction of sp³-hybridized carbons (Fsp3) is 0.471. The van der Waals surface area contributed by atoms with E-state index in [2.05, 4.69) is 19.8 Å². The maximum absolute atomic E-state index is 14.3. The zero-order chi connectivity index (χ0) is 33.2. The molecule has 4 aromatic rings. The van der Waals surface area contributed by atoms with Crippen LogP contribution >= 0.6 is 0 Å². The lowest BCUT2D eigenvalue weighted by molar-refractivity contribution is -0.139. The molecule has 0 saturated carbocycles. The Balaban J connectivity index is 1.30. The number of anilines is 1. The van der Waals surface area contributed by atoms with E-state index in [1.165, 1.54) is 31.4 Å². The molecule has 0 spiro atoms. The summed E-state index contributed by atoms with van der Waals surface area (Å²) >= 11 is 0. The summed E-state index contributed by atoms with van der Waals surface area (Å²) in [4.78, 5) is 37.9. The number of fused-ring (bicyclic) bond motifs is 3. The number of aromatic nitrogens is 3. The van der Waals surface area contributed by atoms with E-state index in [0.29, 0.717) is 56.0 Å². The van der Waals surface area contributed by atoms with Crippen molar-refractivity contribution in [2.45, 2.75) is 51.6 Å². The van der Waals surface area contributed by atoms with E-state index in [1.807, 2.05) is 24.3 Å². The molecule has 3 heterocycles. The first kappa shape index (κ1) is 33.9. The largest absolute Gasteiger partial charge is 0.479 e. The smallest absolute Gasteiger partial charge is 0.341 e. The average molecular weight is 650 g/mol. The zero-order valence-electron chi connectivity index (χ0n) is 26.9. The number of aryl methyl sites for hydroxylation is 1. The highest BCUT2D eigenvalue weighted by Crippen LogP contribution is 2.29. The third-order valence-corrected chi connectivity index (χ3v) is 8.44. The van der Waals surface area contributed by atoms with E-state index in [4.69, 9.17) is 25.3 Å². The maximum Gasteiger partial charge on any atom is 0.341 e. The minimum Gasteiger partial charge on any atom is -0.479 e. The lowest BCUT2D eigenvalue weighted by Crippen LogP contribution is -2.44. The van der Waals surface area contributed by atoms with Gasteiger partial charge in [-0.25, -0.2) is 23.9 Å². The Hall–Kier alpha value is -4.49. The number of piperidine rings is 1. The number of aliphatic carboxylic acids is 1. The second-order valence-corrected chi connectivity index (χ2v) is 11.8. The van der Waals surface area contributed by atoms with Gasteiger partial charge in [-0.15, -0.1) is 0 Å². The highest BCUT2D eigenvalue weighted by molar-refractivity contribution is 6.06. The number of carbonyl (C=O) groups is 2. The molecule has 0 aliphatic carbocycles. The van der Waals surface area contributed by atoms with E-state index in [9.17, 15) is 14.0 Å². The molecule has 0 atom stereocenters. The number of nitrogen functional groups attached to an aromatic ring is 1. The van der Waals surface area contributed by atoms with Crippen LogP contribution in [-0.2, 0) is 29.0 Å². The van der Waals surface area contributed by atoms with Crippen molar-refractivity contribution in [2.75, 3.05) is 58.8 Å². The topological polar surface area (TPSA) is 148 Å². The van der Waals surface area contributed by atoms with Crippen molar-refractivity contribution in [3.63, 3.8) is 0 Å². The number of nitrogens with one attached hydrogen (secondary N) is 1. The SMILES string of the molecule is COCCc1nc2c(N)nc3ccccc3c2n1CCCCN(Cc1ccc(F)c(OCC(=O)O)c1)C(=O)NCCN1CCCCC1. The number of para-hydroxylation sites is 1. The van der Waals surface area contributed by atoms with Gasteiger partial charge in [-0.05, 0) is 62.5 Å². The van der Waals surface area contributed by atoms with Gasteiger partial charge in [0, 0.05) is 51.6 Å². The van der Waals surface area contributed by atoms with Crippen LogP contribution in [0, 0.1) is 5.82 Å². The molecule has 1 fully saturated rings. The molecule has 12 nitrogen and oxygen atoms in total. The van der Waals surface area contributed by atoms with Crippen LogP contribution in [0.15, 0.2) is 42.5 Å². The van der Waals surface area contributed by atoms with Gasteiger partial charge in [-0.2, -0.15) is 0 Å². The third-order valence-electron chi connectivity index (χ3n) is 8.44. The number of imidazole rings is 1. The lowest BCUT2D eigenvalue weighted by Gasteiger charge is -2.28. The molecule has 0 bridgehead atoms. The standard InChI is InChI=1S/C34H44FN7O5/c1-46-20-13-29-39-31-32(25-9-3-4-10-27(25)38-33(31)36)42(29)18-8-7-17-41(34(45)37-14-19-40-15-5-2-6-16-40)22-24-11-12-26(35)28(21-24)47-23-30(43)44/h3-4,9-12,21H,2,5-8,13-20,22-23H2,1H3,(H2,36,38)(H,37,45)(H,43,44). The molecule has 2 aromatic carbocycles. The number of nitrogens with zero attached hydrogens (tertiary/aromatic N) is 5. The number of halogens is 1. The van der Waals surface area contributed by atoms with Crippen molar-refractivity contribution in [3.05, 3.63) is 59.7 Å². The highest BCUT2D eigenvalue weighted by Gasteiger charge is 2.19. The fourth-order valence-corrected chi connectivity index (χ4v) is 6.09. The van der Waals surface area contributed by atoms with Gasteiger partial charge in [0.2, 0.25) is 0 Å². The van der Waals surface area contributed by atoms with Gasteiger partial charge in [0.1, 0.15) is 11.3 Å². The Morgan fingerprint density at radius 3 is 2.68 bits per heavy atom. The van der Waals surface area contributed by atoms with Crippen molar-refractivity contribution in [1.29, 1.82) is 0 Å². The average Bonchev–Trinajstić information content (AvgIpc) is 3.44. The number of hydrogen-bond acceptors (Lipinski definition) is 8. The number of carboxylic acid groups (broad SMARTS) is 1. The van der Waals surface area contributed by atoms with Crippen LogP contribution in [0.25, 0.3) is 21.9 Å². The summed E-state index contributed by atoms with van der Waals surface area (Å²) in [6.45, 7) is 4.55. The number of unbranched alkanes of at least 4 members (excludes halogenated alkanes) is 1. The van der Waals surface area contributed by atoms with Gasteiger partial charge in [0.25, 0.3) is 0 Å². The molecule has 0 unspecified atom stereocenters. The molecule has 0 radical (unpaired) electrons. The summed E-state index contributed by atoms with van der Waals surface area (Å²) in [5.41, 5.74) is 9.38. The van der Waals surface area contributed by atoms with Crippen molar-refractivity contribution >= 4 is 39.8 Å². The number of pyridine rings is 1. The molecule has 1 saturated heterocycles. The van der Waals surface area contributed by atoms with Crippen LogP contribution in [0.5, 0.6) is 5.75 Å².